The van der Waals surface area contributed by atoms with E-state index in [0.717, 1.165) is 5.56 Å². The van der Waals surface area contributed by atoms with Crippen LogP contribution in [-0.2, 0) is 0 Å². The van der Waals surface area contributed by atoms with Gasteiger partial charge in [0.1, 0.15) is 11.6 Å². The number of aromatic nitrogens is 4. The lowest BCUT2D eigenvalue weighted by Gasteiger charge is -2.07. The van der Waals surface area contributed by atoms with E-state index in [0.29, 0.717) is 22.5 Å². The van der Waals surface area contributed by atoms with E-state index in [1.807, 2.05) is 6.92 Å². The number of rotatable bonds is 1. The van der Waals surface area contributed by atoms with Crippen molar-refractivity contribution in [2.75, 3.05) is 5.73 Å². The fourth-order valence-corrected chi connectivity index (χ4v) is 1.41. The van der Waals surface area contributed by atoms with Gasteiger partial charge in [-0.3, -0.25) is 0 Å². The van der Waals surface area contributed by atoms with Crippen molar-refractivity contribution in [3.8, 4) is 5.82 Å². The van der Waals surface area contributed by atoms with E-state index in [2.05, 4.69) is 15.1 Å². The lowest BCUT2D eigenvalue weighted by molar-refractivity contribution is 0.820. The average Bonchev–Trinajstić information content (AvgIpc) is 2.58. The van der Waals surface area contributed by atoms with Crippen molar-refractivity contribution < 1.29 is 0 Å². The highest BCUT2D eigenvalue weighted by atomic mass is 35.5. The summed E-state index contributed by atoms with van der Waals surface area (Å²) in [6.45, 7) is 3.63. The molecule has 0 atom stereocenters. The van der Waals surface area contributed by atoms with Crippen LogP contribution in [0, 0.1) is 13.8 Å². The molecule has 2 rings (SSSR count). The van der Waals surface area contributed by atoms with Crippen LogP contribution in [0.15, 0.2) is 12.4 Å². The van der Waals surface area contributed by atoms with Crippen molar-refractivity contribution in [3.63, 3.8) is 0 Å². The number of aryl methyl sites for hydroxylation is 1. The summed E-state index contributed by atoms with van der Waals surface area (Å²) < 4.78 is 1.59. The largest absolute Gasteiger partial charge is 0.383 e. The zero-order chi connectivity index (χ0) is 11.0. The molecule has 0 aliphatic carbocycles. The minimum atomic E-state index is 0.462. The summed E-state index contributed by atoms with van der Waals surface area (Å²) in [7, 11) is 0. The van der Waals surface area contributed by atoms with Crippen LogP contribution in [0.3, 0.4) is 0 Å². The van der Waals surface area contributed by atoms with Crippen molar-refractivity contribution in [1.82, 2.24) is 19.7 Å². The van der Waals surface area contributed by atoms with Gasteiger partial charge in [0.05, 0.1) is 17.4 Å². The van der Waals surface area contributed by atoms with E-state index in [1.165, 1.54) is 0 Å². The van der Waals surface area contributed by atoms with Crippen LogP contribution in [-0.4, -0.2) is 19.7 Å². The molecule has 2 N–H and O–H groups in total. The number of nitrogens with two attached hydrogens (primary N) is 1. The molecule has 5 nitrogen and oxygen atoms in total. The fourth-order valence-electron chi connectivity index (χ4n) is 1.27. The van der Waals surface area contributed by atoms with Gasteiger partial charge in [-0.15, -0.1) is 0 Å². The molecule has 0 aromatic carbocycles. The van der Waals surface area contributed by atoms with Gasteiger partial charge in [0.25, 0.3) is 0 Å². The van der Waals surface area contributed by atoms with Gasteiger partial charge in [0.2, 0.25) is 0 Å². The maximum Gasteiger partial charge on any atom is 0.162 e. The first-order valence-electron chi connectivity index (χ1n) is 4.39. The van der Waals surface area contributed by atoms with E-state index in [-0.39, 0.29) is 0 Å². The molecular formula is C9H10ClN5. The molecule has 0 saturated heterocycles. The highest BCUT2D eigenvalue weighted by Gasteiger charge is 2.09. The molecule has 2 aromatic rings. The summed E-state index contributed by atoms with van der Waals surface area (Å²) in [4.78, 5) is 8.33. The highest BCUT2D eigenvalue weighted by Crippen LogP contribution is 2.17. The second-order valence-electron chi connectivity index (χ2n) is 3.21. The second kappa shape index (κ2) is 3.51. The van der Waals surface area contributed by atoms with Gasteiger partial charge in [-0.05, 0) is 13.8 Å². The van der Waals surface area contributed by atoms with Gasteiger partial charge >= 0.3 is 0 Å². The van der Waals surface area contributed by atoms with Gasteiger partial charge in [0, 0.05) is 5.56 Å². The molecule has 0 saturated carbocycles. The van der Waals surface area contributed by atoms with Crippen LogP contribution in [0.5, 0.6) is 0 Å². The van der Waals surface area contributed by atoms with Crippen LogP contribution in [0.1, 0.15) is 11.4 Å². The van der Waals surface area contributed by atoms with Crippen molar-refractivity contribution >= 4 is 17.4 Å². The summed E-state index contributed by atoms with van der Waals surface area (Å²) in [6, 6.07) is 0. The Morgan fingerprint density at radius 3 is 2.67 bits per heavy atom. The second-order valence-corrected chi connectivity index (χ2v) is 3.64. The van der Waals surface area contributed by atoms with E-state index in [1.54, 1.807) is 24.0 Å². The molecule has 78 valence electrons. The van der Waals surface area contributed by atoms with Crippen LogP contribution in [0.2, 0.25) is 5.02 Å². The third-order valence-corrected chi connectivity index (χ3v) is 2.23. The Kier molecular flexibility index (Phi) is 2.32. The zero-order valence-electron chi connectivity index (χ0n) is 8.40. The first kappa shape index (κ1) is 9.92. The average molecular weight is 224 g/mol. The summed E-state index contributed by atoms with van der Waals surface area (Å²) in [5.41, 5.74) is 6.53. The van der Waals surface area contributed by atoms with Crippen LogP contribution in [0.4, 0.5) is 5.82 Å². The molecule has 2 aromatic heterocycles. The van der Waals surface area contributed by atoms with Crippen molar-refractivity contribution in [3.05, 3.63) is 28.8 Å². The first-order chi connectivity index (χ1) is 7.08. The van der Waals surface area contributed by atoms with E-state index < -0.39 is 0 Å². The Labute approximate surface area is 91.9 Å². The Morgan fingerprint density at radius 1 is 1.33 bits per heavy atom. The van der Waals surface area contributed by atoms with Crippen LogP contribution < -0.4 is 5.73 Å². The van der Waals surface area contributed by atoms with Gasteiger partial charge in [-0.2, -0.15) is 5.10 Å². The number of nitrogens with zero attached hydrogens (tertiary/aromatic N) is 4. The molecule has 0 fully saturated rings. The minimum Gasteiger partial charge on any atom is -0.383 e. The summed E-state index contributed by atoms with van der Waals surface area (Å²) in [5, 5.41) is 4.63. The predicted octanol–water partition coefficient (Wildman–Crippen LogP) is 1.51. The molecule has 0 aliphatic rings. The molecule has 0 bridgehead atoms. The van der Waals surface area contributed by atoms with Crippen LogP contribution in [0.25, 0.3) is 5.82 Å². The van der Waals surface area contributed by atoms with Gasteiger partial charge in [-0.1, -0.05) is 11.6 Å². The van der Waals surface area contributed by atoms with E-state index in [4.69, 9.17) is 17.3 Å². The predicted molar refractivity (Wildman–Crippen MR) is 58.1 cm³/mol. The number of nitrogen functional groups attached to an aromatic ring is 1. The van der Waals surface area contributed by atoms with Crippen molar-refractivity contribution in [2.45, 2.75) is 13.8 Å². The molecule has 0 amide bonds. The number of hydrogen-bond acceptors (Lipinski definition) is 4. The Morgan fingerprint density at radius 2 is 2.07 bits per heavy atom. The number of anilines is 1. The fraction of sp³-hybridized carbons (Fsp3) is 0.222. The maximum absolute atomic E-state index is 5.78. The lowest BCUT2D eigenvalue weighted by atomic mass is 10.3. The summed E-state index contributed by atoms with van der Waals surface area (Å²) >= 11 is 5.78. The Bertz CT molecular complexity index is 505. The number of halogens is 1. The standard InChI is InChI=1S/C9H10ClN5/c1-5-8(11)13-6(2)14-9(5)15-4-7(10)3-12-15/h3-4H,1-2H3,(H2,11,13,14). The Hall–Kier alpha value is -1.62. The SMILES string of the molecule is Cc1nc(N)c(C)c(-n2cc(Cl)cn2)n1. The van der Waals surface area contributed by atoms with E-state index >= 15 is 0 Å². The normalized spacial score (nSPS) is 10.6. The lowest BCUT2D eigenvalue weighted by Crippen LogP contribution is -2.07. The van der Waals surface area contributed by atoms with E-state index in [9.17, 15) is 0 Å². The zero-order valence-corrected chi connectivity index (χ0v) is 9.15. The quantitative estimate of drug-likeness (QED) is 0.796. The molecule has 0 unspecified atom stereocenters. The smallest absolute Gasteiger partial charge is 0.162 e. The van der Waals surface area contributed by atoms with Crippen molar-refractivity contribution in [1.29, 1.82) is 0 Å². The van der Waals surface area contributed by atoms with Crippen molar-refractivity contribution in [2.24, 2.45) is 0 Å². The molecule has 0 spiro atoms. The maximum atomic E-state index is 5.78. The molecule has 15 heavy (non-hydrogen) atoms. The monoisotopic (exact) mass is 223 g/mol. The minimum absolute atomic E-state index is 0.462. The van der Waals surface area contributed by atoms with Gasteiger partial charge in [-0.25, -0.2) is 14.6 Å². The molecule has 2 heterocycles. The number of hydrogen-bond donors (Lipinski definition) is 1. The molecule has 6 heteroatoms. The third kappa shape index (κ3) is 1.78. The van der Waals surface area contributed by atoms with Gasteiger partial charge in [0.15, 0.2) is 5.82 Å². The molecule has 0 aliphatic heterocycles. The highest BCUT2D eigenvalue weighted by molar-refractivity contribution is 6.30. The molecule has 0 radical (unpaired) electrons. The van der Waals surface area contributed by atoms with Gasteiger partial charge < -0.3 is 5.73 Å². The topological polar surface area (TPSA) is 69.6 Å². The molecular weight excluding hydrogens is 214 g/mol. The first-order valence-corrected chi connectivity index (χ1v) is 4.77. The summed E-state index contributed by atoms with van der Waals surface area (Å²) in [6.07, 6.45) is 3.23. The van der Waals surface area contributed by atoms with Crippen LogP contribution >= 0.6 is 11.6 Å². The Balaban J connectivity index is 2.62. The summed E-state index contributed by atoms with van der Waals surface area (Å²) in [5.74, 6) is 1.73. The third-order valence-electron chi connectivity index (χ3n) is 2.04.